The van der Waals surface area contributed by atoms with E-state index in [0.29, 0.717) is 23.3 Å². The number of aromatic nitrogens is 4. The molecule has 8 heteroatoms. The molecule has 140 valence electrons. The molecule has 1 saturated heterocycles. The first-order valence-corrected chi connectivity index (χ1v) is 10.1. The summed E-state index contributed by atoms with van der Waals surface area (Å²) < 4.78 is 21.1. The fraction of sp³-hybridized carbons (Fsp3) is 0.316. The third-order valence-corrected chi connectivity index (χ3v) is 5.78. The van der Waals surface area contributed by atoms with Crippen molar-refractivity contribution in [3.8, 4) is 11.4 Å². The van der Waals surface area contributed by atoms with Crippen LogP contribution in [0.5, 0.6) is 0 Å². The van der Waals surface area contributed by atoms with Gasteiger partial charge in [0, 0.05) is 24.1 Å². The Balaban J connectivity index is 1.61. The van der Waals surface area contributed by atoms with Crippen LogP contribution in [-0.2, 0) is 17.0 Å². The first-order valence-electron chi connectivity index (χ1n) is 8.73. The van der Waals surface area contributed by atoms with Gasteiger partial charge in [-0.25, -0.2) is 9.37 Å². The van der Waals surface area contributed by atoms with Crippen LogP contribution in [0.15, 0.2) is 47.8 Å². The molecule has 2 aromatic heterocycles. The number of thioether (sulfide) groups is 1. The third-order valence-electron chi connectivity index (χ3n) is 4.42. The molecule has 1 aliphatic rings. The highest BCUT2D eigenvalue weighted by Gasteiger charge is 2.22. The minimum atomic E-state index is -0.273. The molecular weight excluding hydrogens is 387 g/mol. The molecule has 1 aliphatic heterocycles. The SMILES string of the molecule is Fc1ccc(-c2nnc(SCc3cccnc3Cl)n2CC2CCCO2)cc1. The van der Waals surface area contributed by atoms with Crippen LogP contribution in [0.4, 0.5) is 4.39 Å². The first-order chi connectivity index (χ1) is 13.2. The number of ether oxygens (including phenoxy) is 1. The Hall–Kier alpha value is -1.96. The molecule has 3 aromatic rings. The van der Waals surface area contributed by atoms with E-state index in [1.54, 1.807) is 30.1 Å². The van der Waals surface area contributed by atoms with Gasteiger partial charge < -0.3 is 4.74 Å². The Morgan fingerprint density at radius 2 is 2.07 bits per heavy atom. The van der Waals surface area contributed by atoms with E-state index in [2.05, 4.69) is 19.7 Å². The Kier molecular flexibility index (Phi) is 5.71. The predicted molar refractivity (Wildman–Crippen MR) is 103 cm³/mol. The van der Waals surface area contributed by atoms with Crippen LogP contribution < -0.4 is 0 Å². The van der Waals surface area contributed by atoms with E-state index >= 15 is 0 Å². The maximum atomic E-state index is 13.3. The monoisotopic (exact) mass is 404 g/mol. The van der Waals surface area contributed by atoms with Gasteiger partial charge in [0.1, 0.15) is 11.0 Å². The fourth-order valence-corrected chi connectivity index (χ4v) is 4.23. The maximum Gasteiger partial charge on any atom is 0.191 e. The largest absolute Gasteiger partial charge is 0.376 e. The van der Waals surface area contributed by atoms with Gasteiger partial charge in [0.25, 0.3) is 0 Å². The van der Waals surface area contributed by atoms with Gasteiger partial charge in [0.15, 0.2) is 11.0 Å². The number of hydrogen-bond donors (Lipinski definition) is 0. The summed E-state index contributed by atoms with van der Waals surface area (Å²) in [6.07, 6.45) is 3.89. The summed E-state index contributed by atoms with van der Waals surface area (Å²) >= 11 is 7.71. The topological polar surface area (TPSA) is 52.8 Å². The van der Waals surface area contributed by atoms with E-state index in [9.17, 15) is 4.39 Å². The highest BCUT2D eigenvalue weighted by molar-refractivity contribution is 7.98. The van der Waals surface area contributed by atoms with Crippen molar-refractivity contribution >= 4 is 23.4 Å². The molecule has 0 amide bonds. The fourth-order valence-electron chi connectivity index (χ4n) is 3.03. The molecule has 1 fully saturated rings. The first kappa shape index (κ1) is 18.4. The smallest absolute Gasteiger partial charge is 0.191 e. The minimum Gasteiger partial charge on any atom is -0.376 e. The maximum absolute atomic E-state index is 13.3. The van der Waals surface area contributed by atoms with Gasteiger partial charge in [-0.1, -0.05) is 29.4 Å². The van der Waals surface area contributed by atoms with Crippen molar-refractivity contribution in [2.45, 2.75) is 36.4 Å². The summed E-state index contributed by atoms with van der Waals surface area (Å²) in [5.74, 6) is 1.08. The van der Waals surface area contributed by atoms with Crippen LogP contribution in [0.3, 0.4) is 0 Å². The van der Waals surface area contributed by atoms with Gasteiger partial charge in [-0.15, -0.1) is 10.2 Å². The summed E-state index contributed by atoms with van der Waals surface area (Å²) in [6.45, 7) is 1.45. The van der Waals surface area contributed by atoms with Gasteiger partial charge in [-0.2, -0.15) is 0 Å². The molecule has 0 saturated carbocycles. The summed E-state index contributed by atoms with van der Waals surface area (Å²) in [7, 11) is 0. The number of nitrogens with zero attached hydrogens (tertiary/aromatic N) is 4. The highest BCUT2D eigenvalue weighted by atomic mass is 35.5. The highest BCUT2D eigenvalue weighted by Crippen LogP contribution is 2.29. The van der Waals surface area contributed by atoms with Gasteiger partial charge in [-0.05, 0) is 48.7 Å². The van der Waals surface area contributed by atoms with Gasteiger partial charge in [0.2, 0.25) is 0 Å². The lowest BCUT2D eigenvalue weighted by atomic mass is 10.2. The summed E-state index contributed by atoms with van der Waals surface area (Å²) in [5, 5.41) is 10.00. The van der Waals surface area contributed by atoms with Crippen molar-refractivity contribution in [2.24, 2.45) is 0 Å². The van der Waals surface area contributed by atoms with E-state index in [-0.39, 0.29) is 11.9 Å². The second kappa shape index (κ2) is 8.37. The van der Waals surface area contributed by atoms with Crippen LogP contribution in [0.25, 0.3) is 11.4 Å². The molecule has 0 N–H and O–H groups in total. The van der Waals surface area contributed by atoms with Crippen molar-refractivity contribution in [1.82, 2.24) is 19.7 Å². The second-order valence-electron chi connectivity index (χ2n) is 6.30. The van der Waals surface area contributed by atoms with Crippen molar-refractivity contribution < 1.29 is 9.13 Å². The third kappa shape index (κ3) is 4.31. The number of pyridine rings is 1. The lowest BCUT2D eigenvalue weighted by Crippen LogP contribution is -2.16. The van der Waals surface area contributed by atoms with Crippen LogP contribution in [0.2, 0.25) is 5.15 Å². The van der Waals surface area contributed by atoms with E-state index in [0.717, 1.165) is 35.7 Å². The molecule has 0 aliphatic carbocycles. The van der Waals surface area contributed by atoms with Gasteiger partial charge in [0.05, 0.1) is 12.6 Å². The molecule has 0 radical (unpaired) electrons. The Labute approximate surface area is 165 Å². The van der Waals surface area contributed by atoms with Crippen molar-refractivity contribution in [3.05, 3.63) is 59.1 Å². The zero-order valence-electron chi connectivity index (χ0n) is 14.5. The standard InChI is InChI=1S/C19H18ClFN4OS/c20-17-14(3-1-9-22-17)12-27-19-24-23-18(13-5-7-15(21)8-6-13)25(19)11-16-4-2-10-26-16/h1,3,5-9,16H,2,4,10-12H2. The van der Waals surface area contributed by atoms with E-state index in [4.69, 9.17) is 16.3 Å². The van der Waals surface area contributed by atoms with Crippen LogP contribution in [0.1, 0.15) is 18.4 Å². The average molecular weight is 405 g/mol. The molecule has 1 aromatic carbocycles. The second-order valence-corrected chi connectivity index (χ2v) is 7.60. The van der Waals surface area contributed by atoms with Crippen LogP contribution >= 0.6 is 23.4 Å². The quantitative estimate of drug-likeness (QED) is 0.443. The van der Waals surface area contributed by atoms with Crippen LogP contribution in [0, 0.1) is 5.82 Å². The zero-order valence-corrected chi connectivity index (χ0v) is 16.1. The molecule has 1 unspecified atom stereocenters. The lowest BCUT2D eigenvalue weighted by molar-refractivity contribution is 0.0953. The Bertz CT molecular complexity index is 912. The van der Waals surface area contributed by atoms with Crippen molar-refractivity contribution in [3.63, 3.8) is 0 Å². The summed E-state index contributed by atoms with van der Waals surface area (Å²) in [5.41, 5.74) is 1.77. The van der Waals surface area contributed by atoms with E-state index in [1.807, 2.05) is 12.1 Å². The average Bonchev–Trinajstić information content (AvgIpc) is 3.33. The number of rotatable bonds is 6. The Morgan fingerprint density at radius 3 is 2.81 bits per heavy atom. The summed E-state index contributed by atoms with van der Waals surface area (Å²) in [4.78, 5) is 4.11. The molecule has 4 rings (SSSR count). The lowest BCUT2D eigenvalue weighted by Gasteiger charge is -2.15. The number of benzene rings is 1. The molecule has 5 nitrogen and oxygen atoms in total. The Morgan fingerprint density at radius 1 is 1.22 bits per heavy atom. The van der Waals surface area contributed by atoms with E-state index < -0.39 is 0 Å². The van der Waals surface area contributed by atoms with E-state index in [1.165, 1.54) is 12.1 Å². The molecule has 1 atom stereocenters. The van der Waals surface area contributed by atoms with Crippen LogP contribution in [-0.4, -0.2) is 32.5 Å². The molecule has 3 heterocycles. The minimum absolute atomic E-state index is 0.140. The number of halogens is 2. The van der Waals surface area contributed by atoms with Gasteiger partial charge in [-0.3, -0.25) is 4.57 Å². The molecule has 0 spiro atoms. The predicted octanol–water partition coefficient (Wildman–Crippen LogP) is 4.60. The normalized spacial score (nSPS) is 16.7. The molecular formula is C19H18ClFN4OS. The zero-order chi connectivity index (χ0) is 18.6. The van der Waals surface area contributed by atoms with Gasteiger partial charge >= 0.3 is 0 Å². The summed E-state index contributed by atoms with van der Waals surface area (Å²) in [6, 6.07) is 10.1. The van der Waals surface area contributed by atoms with Crippen molar-refractivity contribution in [2.75, 3.05) is 6.61 Å². The molecule has 0 bridgehead atoms. The number of hydrogen-bond acceptors (Lipinski definition) is 5. The molecule has 27 heavy (non-hydrogen) atoms. The van der Waals surface area contributed by atoms with Crippen molar-refractivity contribution in [1.29, 1.82) is 0 Å².